The molecule has 1 unspecified atom stereocenters. The fourth-order valence-electron chi connectivity index (χ4n) is 7.48. The van der Waals surface area contributed by atoms with Crippen molar-refractivity contribution >= 4 is 22.8 Å². The van der Waals surface area contributed by atoms with Gasteiger partial charge in [0.15, 0.2) is 5.60 Å². The number of aromatic hydroxyl groups is 2. The Morgan fingerprint density at radius 3 is 2.02 bits per heavy atom. The third kappa shape index (κ3) is 4.15. The summed E-state index contributed by atoms with van der Waals surface area (Å²) in [5, 5.41) is 22.1. The van der Waals surface area contributed by atoms with Crippen LogP contribution >= 0.6 is 0 Å². The van der Waals surface area contributed by atoms with Crippen molar-refractivity contribution in [2.75, 3.05) is 14.2 Å². The van der Waals surface area contributed by atoms with Gasteiger partial charge in [-0.1, -0.05) is 72.8 Å². The number of hydrogen-bond donors (Lipinski definition) is 2. The third-order valence-electron chi connectivity index (χ3n) is 9.87. The average molecular weight is 633 g/mol. The summed E-state index contributed by atoms with van der Waals surface area (Å²) in [4.78, 5) is 14.1. The van der Waals surface area contributed by atoms with Crippen LogP contribution < -0.4 is 9.47 Å². The van der Waals surface area contributed by atoms with E-state index in [4.69, 9.17) is 14.2 Å². The highest BCUT2D eigenvalue weighted by Crippen LogP contribution is 2.59. The van der Waals surface area contributed by atoms with E-state index in [-0.39, 0.29) is 17.5 Å². The Balaban J connectivity index is 1.46. The van der Waals surface area contributed by atoms with Crippen molar-refractivity contribution in [1.29, 1.82) is 0 Å². The number of phenols is 2. The van der Waals surface area contributed by atoms with E-state index in [1.54, 1.807) is 31.4 Å². The molecule has 8 rings (SSSR count). The van der Waals surface area contributed by atoms with Crippen LogP contribution in [0, 0.1) is 0 Å². The Bertz CT molecular complexity index is 2220. The fraction of sp³-hybridized carbons (Fsp3) is 0.119. The summed E-state index contributed by atoms with van der Waals surface area (Å²) in [7, 11) is 3.06. The zero-order valence-corrected chi connectivity index (χ0v) is 26.7. The van der Waals surface area contributed by atoms with Gasteiger partial charge in [0, 0.05) is 22.1 Å². The molecule has 0 saturated carbocycles. The van der Waals surface area contributed by atoms with E-state index in [1.807, 2.05) is 79.7 Å². The molecule has 6 aromatic rings. The quantitative estimate of drug-likeness (QED) is 0.185. The molecule has 1 heterocycles. The van der Waals surface area contributed by atoms with Gasteiger partial charge in [-0.15, -0.1) is 0 Å². The molecular formula is C42H32O6. The lowest BCUT2D eigenvalue weighted by Gasteiger charge is -2.38. The number of ether oxygens (including phenoxy) is 3. The lowest BCUT2D eigenvalue weighted by molar-refractivity contribution is -0.145. The SMILES string of the molecule is COC(=O)C1(C)c2cc(-c3ccccc3)ccc2-c2c1c1c(c3ccc(OC)cc23)OC(c2ccc(O)cc2)(c2ccc(O)cc2)C=C1. The van der Waals surface area contributed by atoms with Crippen molar-refractivity contribution in [2.45, 2.75) is 17.9 Å². The molecule has 6 aromatic carbocycles. The number of methoxy groups -OCH3 is 2. The topological polar surface area (TPSA) is 85.2 Å². The van der Waals surface area contributed by atoms with Gasteiger partial charge in [-0.3, -0.25) is 4.79 Å². The lowest BCUT2D eigenvalue weighted by atomic mass is 9.75. The molecule has 2 aliphatic rings. The summed E-state index contributed by atoms with van der Waals surface area (Å²) in [6.07, 6.45) is 4.02. The summed E-state index contributed by atoms with van der Waals surface area (Å²) in [5.74, 6) is 1.17. The summed E-state index contributed by atoms with van der Waals surface area (Å²) in [5.41, 5.74) is 5.62. The van der Waals surface area contributed by atoms with Gasteiger partial charge < -0.3 is 24.4 Å². The number of esters is 1. The van der Waals surface area contributed by atoms with Crippen molar-refractivity contribution in [3.05, 3.63) is 149 Å². The first-order chi connectivity index (χ1) is 23.3. The lowest BCUT2D eigenvalue weighted by Crippen LogP contribution is -2.37. The fourth-order valence-corrected chi connectivity index (χ4v) is 7.48. The molecule has 0 spiro atoms. The second kappa shape index (κ2) is 10.8. The van der Waals surface area contributed by atoms with Gasteiger partial charge in [0.05, 0.1) is 14.2 Å². The van der Waals surface area contributed by atoms with Crippen molar-refractivity contribution in [3.63, 3.8) is 0 Å². The van der Waals surface area contributed by atoms with Crippen LogP contribution in [-0.4, -0.2) is 30.4 Å². The first-order valence-electron chi connectivity index (χ1n) is 15.7. The van der Waals surface area contributed by atoms with Crippen LogP contribution in [0.5, 0.6) is 23.0 Å². The molecule has 1 aliphatic heterocycles. The van der Waals surface area contributed by atoms with Gasteiger partial charge in [0.1, 0.15) is 28.4 Å². The normalized spacial score (nSPS) is 16.8. The van der Waals surface area contributed by atoms with Crippen LogP contribution in [0.1, 0.15) is 34.7 Å². The highest BCUT2D eigenvalue weighted by Gasteiger charge is 2.51. The Labute approximate surface area is 278 Å². The summed E-state index contributed by atoms with van der Waals surface area (Å²) in [6.45, 7) is 1.93. The van der Waals surface area contributed by atoms with Gasteiger partial charge >= 0.3 is 5.97 Å². The van der Waals surface area contributed by atoms with E-state index >= 15 is 0 Å². The molecule has 2 N–H and O–H groups in total. The monoisotopic (exact) mass is 632 g/mol. The average Bonchev–Trinajstić information content (AvgIpc) is 3.40. The minimum atomic E-state index is -1.17. The van der Waals surface area contributed by atoms with Gasteiger partial charge in [-0.05, 0) is 100 Å². The number of phenolic OH excluding ortho intramolecular Hbond substituents is 2. The molecule has 0 fully saturated rings. The van der Waals surface area contributed by atoms with E-state index in [1.165, 1.54) is 7.11 Å². The number of fused-ring (bicyclic) bond motifs is 8. The Hall–Kier alpha value is -6.01. The molecule has 6 nitrogen and oxygen atoms in total. The molecule has 0 amide bonds. The van der Waals surface area contributed by atoms with Gasteiger partial charge in [0.25, 0.3) is 0 Å². The maximum Gasteiger partial charge on any atom is 0.320 e. The molecule has 48 heavy (non-hydrogen) atoms. The molecule has 6 heteroatoms. The van der Waals surface area contributed by atoms with Crippen molar-refractivity contribution in [1.82, 2.24) is 0 Å². The first-order valence-corrected chi connectivity index (χ1v) is 15.7. The Morgan fingerprint density at radius 1 is 0.729 bits per heavy atom. The second-order valence-corrected chi connectivity index (χ2v) is 12.4. The van der Waals surface area contributed by atoms with Crippen LogP contribution in [0.4, 0.5) is 0 Å². The summed E-state index contributed by atoms with van der Waals surface area (Å²) in [6, 6.07) is 36.1. The summed E-state index contributed by atoms with van der Waals surface area (Å²) < 4.78 is 18.5. The number of benzene rings is 6. The Kier molecular flexibility index (Phi) is 6.60. The molecule has 0 aromatic heterocycles. The zero-order chi connectivity index (χ0) is 33.2. The van der Waals surface area contributed by atoms with Gasteiger partial charge in [-0.2, -0.15) is 0 Å². The number of hydrogen-bond acceptors (Lipinski definition) is 6. The van der Waals surface area contributed by atoms with Crippen molar-refractivity contribution in [3.8, 4) is 45.3 Å². The van der Waals surface area contributed by atoms with Crippen LogP contribution in [-0.2, 0) is 20.5 Å². The van der Waals surface area contributed by atoms with Gasteiger partial charge in [-0.25, -0.2) is 0 Å². The molecule has 236 valence electrons. The van der Waals surface area contributed by atoms with E-state index in [0.717, 1.165) is 60.8 Å². The highest BCUT2D eigenvalue weighted by atomic mass is 16.5. The number of carbonyl (C=O) groups is 1. The molecule has 1 aliphatic carbocycles. The standard InChI is InChI=1S/C42H32O6/c1-41(40(45)47-3)36-23-26(25-7-5-4-6-8-25)9-19-33(36)37-35-24-31(46-2)18-20-32(35)39-34(38(37)41)21-22-42(48-39,27-10-14-29(43)15-11-27)28-12-16-30(44)17-13-28/h4-24,43-44H,1-3H3. The second-order valence-electron chi connectivity index (χ2n) is 12.4. The molecule has 1 atom stereocenters. The minimum Gasteiger partial charge on any atom is -0.508 e. The van der Waals surface area contributed by atoms with E-state index in [9.17, 15) is 15.0 Å². The van der Waals surface area contributed by atoms with Crippen LogP contribution in [0.15, 0.2) is 121 Å². The zero-order valence-electron chi connectivity index (χ0n) is 26.7. The number of rotatable bonds is 5. The van der Waals surface area contributed by atoms with Crippen molar-refractivity contribution in [2.24, 2.45) is 0 Å². The van der Waals surface area contributed by atoms with E-state index in [2.05, 4.69) is 30.3 Å². The molecule has 0 bridgehead atoms. The van der Waals surface area contributed by atoms with Gasteiger partial charge in [0.2, 0.25) is 0 Å². The largest absolute Gasteiger partial charge is 0.508 e. The maximum absolute atomic E-state index is 14.1. The smallest absolute Gasteiger partial charge is 0.320 e. The number of carbonyl (C=O) groups excluding carboxylic acids is 1. The van der Waals surface area contributed by atoms with E-state index < -0.39 is 11.0 Å². The molecule has 0 radical (unpaired) electrons. The summed E-state index contributed by atoms with van der Waals surface area (Å²) >= 11 is 0. The Morgan fingerprint density at radius 2 is 1.40 bits per heavy atom. The van der Waals surface area contributed by atoms with Crippen molar-refractivity contribution < 1.29 is 29.2 Å². The maximum atomic E-state index is 14.1. The van der Waals surface area contributed by atoms with Crippen LogP contribution in [0.25, 0.3) is 39.1 Å². The highest BCUT2D eigenvalue weighted by molar-refractivity contribution is 6.13. The third-order valence-corrected chi connectivity index (χ3v) is 9.87. The van der Waals surface area contributed by atoms with Crippen LogP contribution in [0.2, 0.25) is 0 Å². The first kappa shape index (κ1) is 29.4. The predicted octanol–water partition coefficient (Wildman–Crippen LogP) is 8.74. The molecular weight excluding hydrogens is 600 g/mol. The van der Waals surface area contributed by atoms with E-state index in [0.29, 0.717) is 11.5 Å². The van der Waals surface area contributed by atoms with Crippen LogP contribution in [0.3, 0.4) is 0 Å². The molecule has 0 saturated heterocycles. The predicted molar refractivity (Wildman–Crippen MR) is 186 cm³/mol. The minimum absolute atomic E-state index is 0.136.